The number of benzene rings is 1. The van der Waals surface area contributed by atoms with E-state index in [-0.39, 0.29) is 31.1 Å². The Labute approximate surface area is 133 Å². The molecule has 0 aliphatic rings. The van der Waals surface area contributed by atoms with Crippen LogP contribution in [0.25, 0.3) is 0 Å². The van der Waals surface area contributed by atoms with Gasteiger partial charge in [0.05, 0.1) is 6.61 Å². The smallest absolute Gasteiger partial charge is 0.326 e. The second kappa shape index (κ2) is 9.07. The molecule has 0 aliphatic heterocycles. The standard InChI is InChI=1S/C16H21F2NO4/c1-10(2)8-13(16(21)22)19-15(20)4-3-7-23-14-6-5-11(17)9-12(14)18/h5-6,9-10,13H,3-4,7-8H2,1-2H3,(H,19,20)(H,21,22)/t13-/m0/s1. The van der Waals surface area contributed by atoms with Crippen molar-refractivity contribution in [3.8, 4) is 5.75 Å². The lowest BCUT2D eigenvalue weighted by Gasteiger charge is -2.16. The number of carboxylic acid groups (broad SMARTS) is 1. The Morgan fingerprint density at radius 3 is 2.57 bits per heavy atom. The van der Waals surface area contributed by atoms with Crippen LogP contribution in [-0.4, -0.2) is 29.6 Å². The predicted molar refractivity (Wildman–Crippen MR) is 80.1 cm³/mol. The first-order valence-corrected chi connectivity index (χ1v) is 7.39. The highest BCUT2D eigenvalue weighted by Crippen LogP contribution is 2.17. The summed E-state index contributed by atoms with van der Waals surface area (Å²) in [6.45, 7) is 3.80. The summed E-state index contributed by atoms with van der Waals surface area (Å²) in [6, 6.07) is 2.05. The van der Waals surface area contributed by atoms with Crippen LogP contribution in [0, 0.1) is 17.6 Å². The zero-order chi connectivity index (χ0) is 17.4. The van der Waals surface area contributed by atoms with E-state index in [4.69, 9.17) is 9.84 Å². The molecule has 2 N–H and O–H groups in total. The molecule has 1 aromatic carbocycles. The Morgan fingerprint density at radius 2 is 2.00 bits per heavy atom. The fraction of sp³-hybridized carbons (Fsp3) is 0.500. The van der Waals surface area contributed by atoms with Crippen LogP contribution in [0.3, 0.4) is 0 Å². The molecular formula is C16H21F2NO4. The van der Waals surface area contributed by atoms with E-state index in [2.05, 4.69) is 5.32 Å². The quantitative estimate of drug-likeness (QED) is 0.683. The maximum Gasteiger partial charge on any atom is 0.326 e. The molecule has 0 heterocycles. The van der Waals surface area contributed by atoms with Gasteiger partial charge in [0.1, 0.15) is 11.9 Å². The molecule has 128 valence electrons. The summed E-state index contributed by atoms with van der Waals surface area (Å²) in [7, 11) is 0. The van der Waals surface area contributed by atoms with Gasteiger partial charge < -0.3 is 15.2 Å². The first-order chi connectivity index (χ1) is 10.8. The molecule has 7 heteroatoms. The zero-order valence-corrected chi connectivity index (χ0v) is 13.1. The molecule has 0 fully saturated rings. The van der Waals surface area contributed by atoms with Crippen LogP contribution < -0.4 is 10.1 Å². The van der Waals surface area contributed by atoms with Crippen LogP contribution in [0.1, 0.15) is 33.1 Å². The minimum atomic E-state index is -1.07. The number of rotatable bonds is 9. The molecule has 23 heavy (non-hydrogen) atoms. The molecule has 5 nitrogen and oxygen atoms in total. The van der Waals surface area contributed by atoms with Crippen molar-refractivity contribution < 1.29 is 28.2 Å². The van der Waals surface area contributed by atoms with Gasteiger partial charge in [-0.25, -0.2) is 13.6 Å². The molecule has 0 saturated carbocycles. The van der Waals surface area contributed by atoms with E-state index >= 15 is 0 Å². The van der Waals surface area contributed by atoms with Gasteiger partial charge in [0, 0.05) is 12.5 Å². The third-order valence-electron chi connectivity index (χ3n) is 3.04. The lowest BCUT2D eigenvalue weighted by atomic mass is 10.0. The first-order valence-electron chi connectivity index (χ1n) is 7.39. The second-order valence-corrected chi connectivity index (χ2v) is 5.61. The molecule has 0 unspecified atom stereocenters. The second-order valence-electron chi connectivity index (χ2n) is 5.61. The number of aliphatic carboxylic acids is 1. The third kappa shape index (κ3) is 7.08. The summed E-state index contributed by atoms with van der Waals surface area (Å²) in [5.41, 5.74) is 0. The Bertz CT molecular complexity index is 549. The zero-order valence-electron chi connectivity index (χ0n) is 13.1. The number of nitrogens with one attached hydrogen (secondary N) is 1. The average molecular weight is 329 g/mol. The number of carbonyl (C=O) groups excluding carboxylic acids is 1. The van der Waals surface area contributed by atoms with Crippen LogP contribution in [-0.2, 0) is 9.59 Å². The lowest BCUT2D eigenvalue weighted by molar-refractivity contribution is -0.142. The van der Waals surface area contributed by atoms with Gasteiger partial charge in [-0.15, -0.1) is 0 Å². The van der Waals surface area contributed by atoms with Gasteiger partial charge in [0.15, 0.2) is 11.6 Å². The number of hydrogen-bond acceptors (Lipinski definition) is 3. The SMILES string of the molecule is CC(C)C[C@H](NC(=O)CCCOc1ccc(F)cc1F)C(=O)O. The maximum absolute atomic E-state index is 13.3. The van der Waals surface area contributed by atoms with E-state index in [1.807, 2.05) is 13.8 Å². The molecular weight excluding hydrogens is 308 g/mol. The van der Waals surface area contributed by atoms with Gasteiger partial charge in [-0.3, -0.25) is 4.79 Å². The fourth-order valence-electron chi connectivity index (χ4n) is 1.97. The Hall–Kier alpha value is -2.18. The van der Waals surface area contributed by atoms with E-state index in [0.29, 0.717) is 12.5 Å². The molecule has 0 saturated heterocycles. The van der Waals surface area contributed by atoms with E-state index in [9.17, 15) is 18.4 Å². The highest BCUT2D eigenvalue weighted by atomic mass is 19.1. The van der Waals surface area contributed by atoms with Crippen molar-refractivity contribution in [2.45, 2.75) is 39.2 Å². The van der Waals surface area contributed by atoms with Gasteiger partial charge in [0.2, 0.25) is 5.91 Å². The van der Waals surface area contributed by atoms with Crippen molar-refractivity contribution in [3.63, 3.8) is 0 Å². The van der Waals surface area contributed by atoms with Crippen LogP contribution >= 0.6 is 0 Å². The molecule has 0 spiro atoms. The van der Waals surface area contributed by atoms with Crippen molar-refractivity contribution in [1.29, 1.82) is 0 Å². The number of ether oxygens (including phenoxy) is 1. The van der Waals surface area contributed by atoms with Gasteiger partial charge in [-0.05, 0) is 30.9 Å². The van der Waals surface area contributed by atoms with Gasteiger partial charge in [-0.2, -0.15) is 0 Å². The summed E-state index contributed by atoms with van der Waals surface area (Å²) < 4.78 is 31.2. The van der Waals surface area contributed by atoms with Gasteiger partial charge in [0.25, 0.3) is 0 Å². The molecule has 0 bridgehead atoms. The van der Waals surface area contributed by atoms with E-state index < -0.39 is 29.6 Å². The number of amides is 1. The van der Waals surface area contributed by atoms with Crippen molar-refractivity contribution in [1.82, 2.24) is 5.32 Å². The van der Waals surface area contributed by atoms with Crippen LogP contribution in [0.4, 0.5) is 8.78 Å². The van der Waals surface area contributed by atoms with Crippen LogP contribution in [0.2, 0.25) is 0 Å². The topological polar surface area (TPSA) is 75.6 Å². The Balaban J connectivity index is 2.34. The molecule has 0 aliphatic carbocycles. The molecule has 0 aromatic heterocycles. The van der Waals surface area contributed by atoms with Crippen molar-refractivity contribution in [2.75, 3.05) is 6.61 Å². The van der Waals surface area contributed by atoms with Crippen molar-refractivity contribution in [2.24, 2.45) is 5.92 Å². The molecule has 1 atom stereocenters. The average Bonchev–Trinajstić information content (AvgIpc) is 2.44. The third-order valence-corrected chi connectivity index (χ3v) is 3.04. The van der Waals surface area contributed by atoms with Gasteiger partial charge >= 0.3 is 5.97 Å². The summed E-state index contributed by atoms with van der Waals surface area (Å²) >= 11 is 0. The van der Waals surface area contributed by atoms with E-state index in [0.717, 1.165) is 6.07 Å². The normalized spacial score (nSPS) is 12.0. The van der Waals surface area contributed by atoms with Crippen LogP contribution in [0.15, 0.2) is 18.2 Å². The maximum atomic E-state index is 13.3. The summed E-state index contributed by atoms with van der Waals surface area (Å²) in [5.74, 6) is -2.93. The summed E-state index contributed by atoms with van der Waals surface area (Å²) in [4.78, 5) is 22.7. The molecule has 1 amide bonds. The Morgan fingerprint density at radius 1 is 1.30 bits per heavy atom. The number of hydrogen-bond donors (Lipinski definition) is 2. The van der Waals surface area contributed by atoms with E-state index in [1.54, 1.807) is 0 Å². The minimum Gasteiger partial charge on any atom is -0.491 e. The first kappa shape index (κ1) is 18.9. The summed E-state index contributed by atoms with van der Waals surface area (Å²) in [5, 5.41) is 11.5. The highest BCUT2D eigenvalue weighted by molar-refractivity contribution is 5.83. The molecule has 0 radical (unpaired) electrons. The monoisotopic (exact) mass is 329 g/mol. The highest BCUT2D eigenvalue weighted by Gasteiger charge is 2.20. The van der Waals surface area contributed by atoms with Crippen LogP contribution in [0.5, 0.6) is 5.75 Å². The lowest BCUT2D eigenvalue weighted by Crippen LogP contribution is -2.41. The number of carbonyl (C=O) groups is 2. The van der Waals surface area contributed by atoms with Gasteiger partial charge in [-0.1, -0.05) is 13.8 Å². The fourth-order valence-corrected chi connectivity index (χ4v) is 1.97. The summed E-state index contributed by atoms with van der Waals surface area (Å²) in [6.07, 6.45) is 0.694. The number of halogens is 2. The molecule has 1 aromatic rings. The minimum absolute atomic E-state index is 0.0602. The number of carboxylic acids is 1. The largest absolute Gasteiger partial charge is 0.491 e. The van der Waals surface area contributed by atoms with E-state index in [1.165, 1.54) is 6.07 Å². The molecule has 1 rings (SSSR count). The predicted octanol–water partition coefficient (Wildman–Crippen LogP) is 2.74. The van der Waals surface area contributed by atoms with Crippen molar-refractivity contribution in [3.05, 3.63) is 29.8 Å². The van der Waals surface area contributed by atoms with Crippen molar-refractivity contribution >= 4 is 11.9 Å². The Kier molecular flexibility index (Phi) is 7.44.